The fourth-order valence-electron chi connectivity index (χ4n) is 3.32. The van der Waals surface area contributed by atoms with Gasteiger partial charge in [-0.05, 0) is 54.5 Å². The molecule has 0 atom stereocenters. The van der Waals surface area contributed by atoms with E-state index in [1.165, 1.54) is 43.9 Å². The van der Waals surface area contributed by atoms with Crippen LogP contribution in [0.25, 0.3) is 23.1 Å². The van der Waals surface area contributed by atoms with Crippen molar-refractivity contribution in [2.24, 2.45) is 0 Å². The molecule has 29 heavy (non-hydrogen) atoms. The predicted molar refractivity (Wildman–Crippen MR) is 129 cm³/mol. The molecule has 2 aromatic carbocycles. The number of thiol groups is 1. The molecule has 0 saturated carbocycles. The first-order valence-electron chi connectivity index (χ1n) is 10.7. The van der Waals surface area contributed by atoms with Crippen molar-refractivity contribution < 1.29 is 4.74 Å². The molecule has 0 unspecified atom stereocenters. The van der Waals surface area contributed by atoms with Crippen molar-refractivity contribution in [3.05, 3.63) is 71.9 Å². The maximum absolute atomic E-state index is 5.87. The third-order valence-corrected chi connectivity index (χ3v) is 5.33. The lowest BCUT2D eigenvalue weighted by atomic mass is 10.1. The Hall–Kier alpha value is -2.26. The molecular formula is C26H31NOS. The highest BCUT2D eigenvalue weighted by molar-refractivity contribution is 7.80. The van der Waals surface area contributed by atoms with Crippen LogP contribution >= 0.6 is 12.6 Å². The van der Waals surface area contributed by atoms with Crippen LogP contribution in [-0.2, 0) is 0 Å². The molecular weight excluding hydrogens is 374 g/mol. The molecule has 0 fully saturated rings. The van der Waals surface area contributed by atoms with Gasteiger partial charge in [-0.25, -0.2) is 4.98 Å². The van der Waals surface area contributed by atoms with Gasteiger partial charge in [0.05, 0.1) is 17.8 Å². The van der Waals surface area contributed by atoms with E-state index in [0.717, 1.165) is 41.3 Å². The van der Waals surface area contributed by atoms with Gasteiger partial charge in [0.15, 0.2) is 0 Å². The zero-order valence-electron chi connectivity index (χ0n) is 17.1. The van der Waals surface area contributed by atoms with Gasteiger partial charge in [0, 0.05) is 5.39 Å². The fraction of sp³-hybridized carbons (Fsp3) is 0.346. The molecule has 0 saturated heterocycles. The number of aromatic nitrogens is 1. The maximum Gasteiger partial charge on any atom is 0.119 e. The average molecular weight is 406 g/mol. The van der Waals surface area contributed by atoms with Crippen molar-refractivity contribution in [2.75, 3.05) is 12.4 Å². The quantitative estimate of drug-likeness (QED) is 0.250. The molecule has 0 radical (unpaired) electrons. The van der Waals surface area contributed by atoms with Gasteiger partial charge in [-0.2, -0.15) is 12.6 Å². The van der Waals surface area contributed by atoms with Crippen molar-refractivity contribution in [3.63, 3.8) is 0 Å². The number of para-hydroxylation sites is 1. The average Bonchev–Trinajstić information content (AvgIpc) is 2.77. The van der Waals surface area contributed by atoms with Crippen LogP contribution in [0.2, 0.25) is 0 Å². The molecule has 0 N–H and O–H groups in total. The number of hydrogen-bond acceptors (Lipinski definition) is 3. The van der Waals surface area contributed by atoms with E-state index in [1.54, 1.807) is 0 Å². The van der Waals surface area contributed by atoms with Crippen LogP contribution in [0, 0.1) is 0 Å². The molecule has 0 amide bonds. The highest BCUT2D eigenvalue weighted by atomic mass is 32.1. The second-order valence-electron chi connectivity index (χ2n) is 7.38. The fourth-order valence-corrected chi connectivity index (χ4v) is 3.54. The standard InChI is InChI=1S/C26H31NOS/c29-21-9-5-3-1-2-4-8-20-28-25-18-13-22(14-19-25)12-16-24-17-15-23-10-6-7-11-26(23)27-24/h6-7,10-19,29H,1-5,8-9,20-21H2/b16-12+. The summed E-state index contributed by atoms with van der Waals surface area (Å²) in [6.07, 6.45) is 13.1. The Balaban J connectivity index is 1.38. The molecule has 2 nitrogen and oxygen atoms in total. The van der Waals surface area contributed by atoms with Gasteiger partial charge in [0.25, 0.3) is 0 Å². The molecule has 0 aliphatic carbocycles. The van der Waals surface area contributed by atoms with Gasteiger partial charge in [-0.3, -0.25) is 0 Å². The minimum atomic E-state index is 0.798. The molecule has 1 heterocycles. The van der Waals surface area contributed by atoms with Gasteiger partial charge in [0.1, 0.15) is 5.75 Å². The van der Waals surface area contributed by atoms with E-state index in [1.807, 2.05) is 30.3 Å². The summed E-state index contributed by atoms with van der Waals surface area (Å²) in [5, 5.41) is 1.17. The van der Waals surface area contributed by atoms with E-state index in [0.29, 0.717) is 0 Å². The summed E-state index contributed by atoms with van der Waals surface area (Å²) in [5.41, 5.74) is 3.14. The molecule has 0 aliphatic heterocycles. The van der Waals surface area contributed by atoms with Crippen molar-refractivity contribution >= 4 is 35.7 Å². The lowest BCUT2D eigenvalue weighted by Crippen LogP contribution is -1.97. The number of hydrogen-bond donors (Lipinski definition) is 1. The summed E-state index contributed by atoms with van der Waals surface area (Å²) >= 11 is 4.25. The Labute approximate surface area is 180 Å². The van der Waals surface area contributed by atoms with Crippen molar-refractivity contribution in [1.29, 1.82) is 0 Å². The van der Waals surface area contributed by atoms with Crippen LogP contribution in [0.4, 0.5) is 0 Å². The van der Waals surface area contributed by atoms with Crippen LogP contribution in [0.3, 0.4) is 0 Å². The van der Waals surface area contributed by atoms with E-state index in [-0.39, 0.29) is 0 Å². The number of rotatable bonds is 12. The molecule has 0 spiro atoms. The van der Waals surface area contributed by atoms with E-state index in [4.69, 9.17) is 4.74 Å². The summed E-state index contributed by atoms with van der Waals surface area (Å²) < 4.78 is 5.87. The van der Waals surface area contributed by atoms with Gasteiger partial charge in [0.2, 0.25) is 0 Å². The number of pyridine rings is 1. The van der Waals surface area contributed by atoms with Gasteiger partial charge >= 0.3 is 0 Å². The Morgan fingerprint density at radius 1 is 0.724 bits per heavy atom. The van der Waals surface area contributed by atoms with E-state index >= 15 is 0 Å². The Kier molecular flexibility index (Phi) is 9.12. The molecule has 3 rings (SSSR count). The summed E-state index contributed by atoms with van der Waals surface area (Å²) in [6, 6.07) is 20.6. The molecule has 3 aromatic rings. The first-order valence-corrected chi connectivity index (χ1v) is 11.4. The normalized spacial score (nSPS) is 11.3. The van der Waals surface area contributed by atoms with Crippen molar-refractivity contribution in [1.82, 2.24) is 4.98 Å². The van der Waals surface area contributed by atoms with Crippen LogP contribution in [0.5, 0.6) is 5.75 Å². The largest absolute Gasteiger partial charge is 0.494 e. The third-order valence-electron chi connectivity index (χ3n) is 5.02. The number of ether oxygens (including phenoxy) is 1. The van der Waals surface area contributed by atoms with Crippen LogP contribution in [-0.4, -0.2) is 17.3 Å². The van der Waals surface area contributed by atoms with Gasteiger partial charge < -0.3 is 4.74 Å². The van der Waals surface area contributed by atoms with E-state index < -0.39 is 0 Å². The maximum atomic E-state index is 5.87. The minimum absolute atomic E-state index is 0.798. The molecule has 0 aliphatic rings. The summed E-state index contributed by atoms with van der Waals surface area (Å²) in [7, 11) is 0. The summed E-state index contributed by atoms with van der Waals surface area (Å²) in [6.45, 7) is 0.798. The second-order valence-corrected chi connectivity index (χ2v) is 7.83. The van der Waals surface area contributed by atoms with Gasteiger partial charge in [-0.15, -0.1) is 0 Å². The highest BCUT2D eigenvalue weighted by Crippen LogP contribution is 2.17. The van der Waals surface area contributed by atoms with E-state index in [2.05, 4.69) is 60.1 Å². The number of unbranched alkanes of at least 4 members (excludes halogenated alkanes) is 6. The second kappa shape index (κ2) is 12.3. The molecule has 0 bridgehead atoms. The smallest absolute Gasteiger partial charge is 0.119 e. The van der Waals surface area contributed by atoms with E-state index in [9.17, 15) is 0 Å². The first-order chi connectivity index (χ1) is 14.3. The van der Waals surface area contributed by atoms with Gasteiger partial charge in [-0.1, -0.05) is 74.6 Å². The number of nitrogens with zero attached hydrogens (tertiary/aromatic N) is 1. The van der Waals surface area contributed by atoms with Crippen molar-refractivity contribution in [2.45, 2.75) is 44.9 Å². The Morgan fingerprint density at radius 2 is 1.45 bits per heavy atom. The number of benzene rings is 2. The highest BCUT2D eigenvalue weighted by Gasteiger charge is 1.97. The van der Waals surface area contributed by atoms with Crippen molar-refractivity contribution in [3.8, 4) is 5.75 Å². The third kappa shape index (κ3) is 7.58. The number of fused-ring (bicyclic) bond motifs is 1. The van der Waals surface area contributed by atoms with Crippen LogP contribution < -0.4 is 4.74 Å². The van der Waals surface area contributed by atoms with Crippen LogP contribution in [0.15, 0.2) is 60.7 Å². The summed E-state index contributed by atoms with van der Waals surface area (Å²) in [4.78, 5) is 4.68. The van der Waals surface area contributed by atoms with Crippen LogP contribution in [0.1, 0.15) is 56.2 Å². The first kappa shape index (κ1) is 21.4. The predicted octanol–water partition coefficient (Wildman–Crippen LogP) is 7.44. The molecule has 152 valence electrons. The minimum Gasteiger partial charge on any atom is -0.494 e. The monoisotopic (exact) mass is 405 g/mol. The topological polar surface area (TPSA) is 22.1 Å². The molecule has 3 heteroatoms. The Morgan fingerprint density at radius 3 is 2.24 bits per heavy atom. The Bertz CT molecular complexity index is 889. The summed E-state index contributed by atoms with van der Waals surface area (Å²) in [5.74, 6) is 1.96. The zero-order valence-corrected chi connectivity index (χ0v) is 18.0. The molecule has 1 aromatic heterocycles. The zero-order chi connectivity index (χ0) is 20.2. The SMILES string of the molecule is SCCCCCCCCCOc1ccc(/C=C/c2ccc3ccccc3n2)cc1. The lowest BCUT2D eigenvalue weighted by molar-refractivity contribution is 0.304. The lowest BCUT2D eigenvalue weighted by Gasteiger charge is -2.06.